The Bertz CT molecular complexity index is 728. The van der Waals surface area contributed by atoms with Crippen molar-refractivity contribution in [3.63, 3.8) is 0 Å². The lowest BCUT2D eigenvalue weighted by Crippen LogP contribution is -2.42. The summed E-state index contributed by atoms with van der Waals surface area (Å²) in [4.78, 5) is 47.8. The molecule has 7 heteroatoms. The molecule has 2 amide bonds. The molecule has 0 aromatic carbocycles. The molecule has 1 N–H and O–H groups in total. The van der Waals surface area contributed by atoms with Gasteiger partial charge in [0, 0.05) is 32.0 Å². The van der Waals surface area contributed by atoms with E-state index < -0.39 is 0 Å². The van der Waals surface area contributed by atoms with Crippen LogP contribution in [0.25, 0.3) is 0 Å². The van der Waals surface area contributed by atoms with Crippen LogP contribution in [-0.2, 0) is 22.6 Å². The highest BCUT2D eigenvalue weighted by Crippen LogP contribution is 2.30. The highest BCUT2D eigenvalue weighted by molar-refractivity contribution is 5.76. The standard InChI is InChI=1S/C18H26N4O3/c1-3-6-16(24)22-9-5-4-7-15(22)17-19-14-11-21(12(2)23)10-8-13(14)18(25)20-17/h15H,3-11H2,1-2H3,(H,19,20,25). The van der Waals surface area contributed by atoms with E-state index in [4.69, 9.17) is 0 Å². The molecular formula is C18H26N4O3. The Morgan fingerprint density at radius 2 is 2.08 bits per heavy atom. The van der Waals surface area contributed by atoms with Crippen LogP contribution < -0.4 is 5.56 Å². The van der Waals surface area contributed by atoms with Crippen LogP contribution >= 0.6 is 0 Å². The monoisotopic (exact) mass is 346 g/mol. The van der Waals surface area contributed by atoms with Gasteiger partial charge in [-0.2, -0.15) is 0 Å². The number of H-pyrrole nitrogens is 1. The molecule has 0 bridgehead atoms. The van der Waals surface area contributed by atoms with Gasteiger partial charge in [0.15, 0.2) is 0 Å². The van der Waals surface area contributed by atoms with Gasteiger partial charge < -0.3 is 14.8 Å². The summed E-state index contributed by atoms with van der Waals surface area (Å²) in [6.07, 6.45) is 4.67. The van der Waals surface area contributed by atoms with Crippen molar-refractivity contribution >= 4 is 11.8 Å². The first-order chi connectivity index (χ1) is 12.0. The Hall–Kier alpha value is -2.18. The lowest BCUT2D eigenvalue weighted by Gasteiger charge is -2.36. The number of hydrogen-bond acceptors (Lipinski definition) is 4. The second kappa shape index (κ2) is 7.37. The summed E-state index contributed by atoms with van der Waals surface area (Å²) >= 11 is 0. The highest BCUT2D eigenvalue weighted by atomic mass is 16.2. The third-order valence-electron chi connectivity index (χ3n) is 5.14. The molecule has 0 aliphatic carbocycles. The fourth-order valence-electron chi connectivity index (χ4n) is 3.76. The molecule has 0 radical (unpaired) electrons. The number of fused-ring (bicyclic) bond motifs is 1. The quantitative estimate of drug-likeness (QED) is 0.899. The normalized spacial score (nSPS) is 20.3. The SMILES string of the molecule is CCCC(=O)N1CCCCC1c1nc2c(c(=O)[nH]1)CCN(C(C)=O)C2. The van der Waals surface area contributed by atoms with Crippen LogP contribution in [0.2, 0.25) is 0 Å². The molecule has 3 rings (SSSR count). The topological polar surface area (TPSA) is 86.4 Å². The summed E-state index contributed by atoms with van der Waals surface area (Å²) in [6.45, 7) is 5.16. The zero-order valence-electron chi connectivity index (χ0n) is 15.0. The van der Waals surface area contributed by atoms with Crippen molar-refractivity contribution in [1.29, 1.82) is 0 Å². The van der Waals surface area contributed by atoms with E-state index in [1.54, 1.807) is 4.90 Å². The first-order valence-electron chi connectivity index (χ1n) is 9.18. The van der Waals surface area contributed by atoms with Crippen molar-refractivity contribution in [2.45, 2.75) is 65.0 Å². The van der Waals surface area contributed by atoms with E-state index in [-0.39, 0.29) is 23.4 Å². The molecule has 2 aliphatic rings. The number of carbonyl (C=O) groups is 2. The molecule has 1 unspecified atom stereocenters. The third-order valence-corrected chi connectivity index (χ3v) is 5.14. The Morgan fingerprint density at radius 1 is 1.28 bits per heavy atom. The summed E-state index contributed by atoms with van der Waals surface area (Å²) < 4.78 is 0. The number of nitrogens with zero attached hydrogens (tertiary/aromatic N) is 3. The van der Waals surface area contributed by atoms with E-state index in [0.717, 1.165) is 25.7 Å². The number of rotatable bonds is 3. The molecule has 7 nitrogen and oxygen atoms in total. The minimum atomic E-state index is -0.168. The van der Waals surface area contributed by atoms with Crippen LogP contribution in [0.15, 0.2) is 4.79 Å². The van der Waals surface area contributed by atoms with Crippen molar-refractivity contribution in [3.05, 3.63) is 27.4 Å². The predicted molar refractivity (Wildman–Crippen MR) is 92.9 cm³/mol. The van der Waals surface area contributed by atoms with Gasteiger partial charge in [-0.3, -0.25) is 14.4 Å². The van der Waals surface area contributed by atoms with E-state index >= 15 is 0 Å². The number of aromatic amines is 1. The number of aromatic nitrogens is 2. The maximum Gasteiger partial charge on any atom is 0.254 e. The van der Waals surface area contributed by atoms with Gasteiger partial charge in [0.1, 0.15) is 5.82 Å². The van der Waals surface area contributed by atoms with Crippen LogP contribution in [0.5, 0.6) is 0 Å². The Morgan fingerprint density at radius 3 is 2.80 bits per heavy atom. The third kappa shape index (κ3) is 3.60. The maximum atomic E-state index is 12.5. The molecule has 0 saturated carbocycles. The van der Waals surface area contributed by atoms with E-state index in [9.17, 15) is 14.4 Å². The van der Waals surface area contributed by atoms with Gasteiger partial charge >= 0.3 is 0 Å². The Labute approximate surface area is 147 Å². The number of likely N-dealkylation sites (tertiary alicyclic amines) is 1. The van der Waals surface area contributed by atoms with Crippen molar-refractivity contribution in [1.82, 2.24) is 19.8 Å². The average molecular weight is 346 g/mol. The second-order valence-corrected chi connectivity index (χ2v) is 6.92. The predicted octanol–water partition coefficient (Wildman–Crippen LogP) is 1.53. The summed E-state index contributed by atoms with van der Waals surface area (Å²) in [7, 11) is 0. The van der Waals surface area contributed by atoms with E-state index in [1.807, 2.05) is 11.8 Å². The number of carbonyl (C=O) groups excluding carboxylic acids is 2. The molecule has 1 saturated heterocycles. The zero-order valence-corrected chi connectivity index (χ0v) is 15.0. The van der Waals surface area contributed by atoms with Crippen molar-refractivity contribution in [2.24, 2.45) is 0 Å². The van der Waals surface area contributed by atoms with Gasteiger partial charge in [-0.1, -0.05) is 6.92 Å². The van der Waals surface area contributed by atoms with Gasteiger partial charge in [-0.25, -0.2) is 4.98 Å². The fourth-order valence-corrected chi connectivity index (χ4v) is 3.76. The molecule has 25 heavy (non-hydrogen) atoms. The largest absolute Gasteiger partial charge is 0.337 e. The molecular weight excluding hydrogens is 320 g/mol. The van der Waals surface area contributed by atoms with Crippen LogP contribution in [0.1, 0.15) is 69.1 Å². The van der Waals surface area contributed by atoms with Gasteiger partial charge in [0.05, 0.1) is 18.3 Å². The average Bonchev–Trinajstić information content (AvgIpc) is 2.61. The van der Waals surface area contributed by atoms with Gasteiger partial charge in [0.25, 0.3) is 5.56 Å². The molecule has 0 spiro atoms. The molecule has 136 valence electrons. The molecule has 2 aliphatic heterocycles. The molecule has 1 atom stereocenters. The zero-order chi connectivity index (χ0) is 18.0. The fraction of sp³-hybridized carbons (Fsp3) is 0.667. The lowest BCUT2D eigenvalue weighted by molar-refractivity contribution is -0.135. The summed E-state index contributed by atoms with van der Waals surface area (Å²) in [5.74, 6) is 0.683. The van der Waals surface area contributed by atoms with Crippen molar-refractivity contribution < 1.29 is 9.59 Å². The summed E-state index contributed by atoms with van der Waals surface area (Å²) in [6, 6.07) is -0.168. The molecule has 3 heterocycles. The van der Waals surface area contributed by atoms with E-state index in [2.05, 4.69) is 9.97 Å². The van der Waals surface area contributed by atoms with Crippen LogP contribution in [0.4, 0.5) is 0 Å². The minimum absolute atomic E-state index is 0.00769. The van der Waals surface area contributed by atoms with Gasteiger partial charge in [0.2, 0.25) is 11.8 Å². The minimum Gasteiger partial charge on any atom is -0.337 e. The van der Waals surface area contributed by atoms with Crippen molar-refractivity contribution in [3.8, 4) is 0 Å². The number of amides is 2. The lowest BCUT2D eigenvalue weighted by atomic mass is 9.99. The first kappa shape index (κ1) is 17.6. The first-order valence-corrected chi connectivity index (χ1v) is 9.18. The molecule has 1 fully saturated rings. The van der Waals surface area contributed by atoms with Crippen LogP contribution in [-0.4, -0.2) is 44.7 Å². The Balaban J connectivity index is 1.92. The second-order valence-electron chi connectivity index (χ2n) is 6.92. The van der Waals surface area contributed by atoms with E-state index in [0.29, 0.717) is 49.6 Å². The van der Waals surface area contributed by atoms with Gasteiger partial charge in [-0.05, 0) is 32.1 Å². The maximum absolute atomic E-state index is 12.5. The number of piperidine rings is 1. The van der Waals surface area contributed by atoms with Gasteiger partial charge in [-0.15, -0.1) is 0 Å². The number of hydrogen-bond donors (Lipinski definition) is 1. The number of nitrogens with one attached hydrogen (secondary N) is 1. The smallest absolute Gasteiger partial charge is 0.254 e. The Kier molecular flexibility index (Phi) is 5.20. The summed E-state index contributed by atoms with van der Waals surface area (Å²) in [5.41, 5.74) is 1.22. The molecule has 1 aromatic heterocycles. The van der Waals surface area contributed by atoms with Crippen molar-refractivity contribution in [2.75, 3.05) is 13.1 Å². The van der Waals surface area contributed by atoms with Crippen LogP contribution in [0.3, 0.4) is 0 Å². The summed E-state index contributed by atoms with van der Waals surface area (Å²) in [5, 5.41) is 0. The van der Waals surface area contributed by atoms with Crippen LogP contribution in [0, 0.1) is 0 Å². The molecule has 1 aromatic rings. The highest BCUT2D eigenvalue weighted by Gasteiger charge is 2.31. The van der Waals surface area contributed by atoms with E-state index in [1.165, 1.54) is 6.92 Å².